The summed E-state index contributed by atoms with van der Waals surface area (Å²) >= 11 is 0. The second-order valence-electron chi connectivity index (χ2n) is 8.53. The standard InChI is InChI=1S/C21H28N4O3S/c1-15-5-7-18(8-6-15)29(27,28)25-11-9-16(10-12-25)19(26)24-17-13-22-20(23-14-17)21(2,3)4/h5-8,13-14,16H,9-12H2,1-4H3,(H,24,26). The molecule has 2 aromatic rings. The van der Waals surface area contributed by atoms with Crippen LogP contribution in [0.1, 0.15) is 45.0 Å². The summed E-state index contributed by atoms with van der Waals surface area (Å²) in [5.74, 6) is 0.358. The highest BCUT2D eigenvalue weighted by atomic mass is 32.2. The number of carbonyl (C=O) groups excluding carboxylic acids is 1. The molecule has 3 rings (SSSR count). The van der Waals surface area contributed by atoms with E-state index in [0.717, 1.165) is 5.56 Å². The van der Waals surface area contributed by atoms with Gasteiger partial charge in [0.1, 0.15) is 5.82 Å². The van der Waals surface area contributed by atoms with Gasteiger partial charge in [-0.15, -0.1) is 0 Å². The third kappa shape index (κ3) is 5.00. The largest absolute Gasteiger partial charge is 0.323 e. The third-order valence-corrected chi connectivity index (χ3v) is 6.99. The van der Waals surface area contributed by atoms with Crippen molar-refractivity contribution in [1.29, 1.82) is 0 Å². The minimum atomic E-state index is -3.52. The van der Waals surface area contributed by atoms with E-state index < -0.39 is 10.0 Å². The van der Waals surface area contributed by atoms with Gasteiger partial charge >= 0.3 is 0 Å². The first-order valence-electron chi connectivity index (χ1n) is 9.77. The minimum absolute atomic E-state index is 0.121. The number of benzene rings is 1. The van der Waals surface area contributed by atoms with Crippen molar-refractivity contribution in [3.05, 3.63) is 48.0 Å². The molecular weight excluding hydrogens is 388 g/mol. The van der Waals surface area contributed by atoms with Gasteiger partial charge in [0.2, 0.25) is 15.9 Å². The highest BCUT2D eigenvalue weighted by Gasteiger charge is 2.32. The number of amides is 1. The molecule has 1 amide bonds. The first-order chi connectivity index (χ1) is 13.6. The Kier molecular flexibility index (Phi) is 6.05. The summed E-state index contributed by atoms with van der Waals surface area (Å²) in [5, 5.41) is 2.85. The van der Waals surface area contributed by atoms with Crippen molar-refractivity contribution in [2.75, 3.05) is 18.4 Å². The van der Waals surface area contributed by atoms with Crippen molar-refractivity contribution in [3.63, 3.8) is 0 Å². The van der Waals surface area contributed by atoms with E-state index in [4.69, 9.17) is 0 Å². The summed E-state index contributed by atoms with van der Waals surface area (Å²) in [7, 11) is -3.52. The predicted molar refractivity (Wildman–Crippen MR) is 112 cm³/mol. The van der Waals surface area contributed by atoms with Crippen LogP contribution in [0.25, 0.3) is 0 Å². The Morgan fingerprint density at radius 3 is 2.14 bits per heavy atom. The fourth-order valence-corrected chi connectivity index (χ4v) is 4.71. The molecule has 1 saturated heterocycles. The first-order valence-corrected chi connectivity index (χ1v) is 11.2. The molecule has 1 N–H and O–H groups in total. The summed E-state index contributed by atoms with van der Waals surface area (Å²) in [4.78, 5) is 21.5. The Bertz CT molecular complexity index is 956. The SMILES string of the molecule is Cc1ccc(S(=O)(=O)N2CCC(C(=O)Nc3cnc(C(C)(C)C)nc3)CC2)cc1. The number of carbonyl (C=O) groups is 1. The molecule has 0 spiro atoms. The lowest BCUT2D eigenvalue weighted by atomic mass is 9.96. The van der Waals surface area contributed by atoms with Crippen molar-refractivity contribution in [2.24, 2.45) is 5.92 Å². The topological polar surface area (TPSA) is 92.3 Å². The molecule has 0 aliphatic carbocycles. The molecule has 1 fully saturated rings. The molecule has 0 saturated carbocycles. The second-order valence-corrected chi connectivity index (χ2v) is 10.5. The van der Waals surface area contributed by atoms with Gasteiger partial charge in [-0.1, -0.05) is 38.5 Å². The number of sulfonamides is 1. The minimum Gasteiger partial charge on any atom is -0.323 e. The van der Waals surface area contributed by atoms with Crippen molar-refractivity contribution >= 4 is 21.6 Å². The van der Waals surface area contributed by atoms with Crippen LogP contribution >= 0.6 is 0 Å². The maximum atomic E-state index is 12.8. The first kappa shape index (κ1) is 21.4. The molecule has 0 bridgehead atoms. The Hall–Kier alpha value is -2.32. The highest BCUT2D eigenvalue weighted by molar-refractivity contribution is 7.89. The number of nitrogens with zero attached hydrogens (tertiary/aromatic N) is 3. The number of nitrogens with one attached hydrogen (secondary N) is 1. The average Bonchev–Trinajstić information content (AvgIpc) is 2.68. The van der Waals surface area contributed by atoms with Crippen LogP contribution in [-0.4, -0.2) is 41.7 Å². The Morgan fingerprint density at radius 1 is 1.07 bits per heavy atom. The summed E-state index contributed by atoms with van der Waals surface area (Å²) in [5.41, 5.74) is 1.41. The lowest BCUT2D eigenvalue weighted by Crippen LogP contribution is -2.41. The second kappa shape index (κ2) is 8.20. The Labute approximate surface area is 172 Å². The fourth-order valence-electron chi connectivity index (χ4n) is 3.24. The molecule has 1 aliphatic heterocycles. The number of hydrogen-bond donors (Lipinski definition) is 1. The summed E-state index contributed by atoms with van der Waals surface area (Å²) in [6.07, 6.45) is 4.20. The molecule has 0 unspecified atom stereocenters. The van der Waals surface area contributed by atoms with E-state index in [9.17, 15) is 13.2 Å². The predicted octanol–water partition coefficient (Wildman–Crippen LogP) is 3.12. The monoisotopic (exact) mass is 416 g/mol. The maximum absolute atomic E-state index is 12.8. The molecular formula is C21H28N4O3S. The Balaban J connectivity index is 1.59. The molecule has 0 atom stereocenters. The lowest BCUT2D eigenvalue weighted by molar-refractivity contribution is -0.120. The Morgan fingerprint density at radius 2 is 1.62 bits per heavy atom. The van der Waals surface area contributed by atoms with Gasteiger partial charge in [-0.25, -0.2) is 18.4 Å². The van der Waals surface area contributed by atoms with E-state index in [1.807, 2.05) is 27.7 Å². The van der Waals surface area contributed by atoms with Gasteiger partial charge in [0.25, 0.3) is 0 Å². The molecule has 2 heterocycles. The zero-order valence-corrected chi connectivity index (χ0v) is 18.2. The molecule has 1 aromatic heterocycles. The molecule has 1 aliphatic rings. The smallest absolute Gasteiger partial charge is 0.243 e. The van der Waals surface area contributed by atoms with Crippen molar-refractivity contribution < 1.29 is 13.2 Å². The highest BCUT2D eigenvalue weighted by Crippen LogP contribution is 2.25. The van der Waals surface area contributed by atoms with Crippen LogP contribution in [0.3, 0.4) is 0 Å². The van der Waals surface area contributed by atoms with Crippen LogP contribution in [0.5, 0.6) is 0 Å². The number of rotatable bonds is 4. The van der Waals surface area contributed by atoms with E-state index in [1.165, 1.54) is 4.31 Å². The molecule has 0 radical (unpaired) electrons. The van der Waals surface area contributed by atoms with Crippen LogP contribution in [0.4, 0.5) is 5.69 Å². The summed E-state index contributed by atoms with van der Waals surface area (Å²) in [6, 6.07) is 6.84. The number of aromatic nitrogens is 2. The zero-order chi connectivity index (χ0) is 21.2. The van der Waals surface area contributed by atoms with Crippen LogP contribution in [0.2, 0.25) is 0 Å². The molecule has 29 heavy (non-hydrogen) atoms. The van der Waals surface area contributed by atoms with Crippen LogP contribution < -0.4 is 5.32 Å². The van der Waals surface area contributed by atoms with Crippen LogP contribution in [-0.2, 0) is 20.2 Å². The van der Waals surface area contributed by atoms with Crippen LogP contribution in [0.15, 0.2) is 41.6 Å². The van der Waals surface area contributed by atoms with Crippen LogP contribution in [0, 0.1) is 12.8 Å². The van der Waals surface area contributed by atoms with E-state index in [0.29, 0.717) is 42.3 Å². The number of piperidine rings is 1. The quantitative estimate of drug-likeness (QED) is 0.827. The van der Waals surface area contributed by atoms with Gasteiger partial charge < -0.3 is 5.32 Å². The van der Waals surface area contributed by atoms with Crippen molar-refractivity contribution in [2.45, 2.75) is 50.8 Å². The molecule has 7 nitrogen and oxygen atoms in total. The molecule has 1 aromatic carbocycles. The molecule has 8 heteroatoms. The van der Waals surface area contributed by atoms with E-state index in [-0.39, 0.29) is 17.2 Å². The van der Waals surface area contributed by atoms with Gasteiger partial charge in [0, 0.05) is 24.4 Å². The van der Waals surface area contributed by atoms with E-state index in [2.05, 4.69) is 15.3 Å². The number of hydrogen-bond acceptors (Lipinski definition) is 5. The van der Waals surface area contributed by atoms with Gasteiger partial charge in [0.05, 0.1) is 23.0 Å². The molecule has 156 valence electrons. The normalized spacial score (nSPS) is 16.6. The maximum Gasteiger partial charge on any atom is 0.243 e. The fraction of sp³-hybridized carbons (Fsp3) is 0.476. The van der Waals surface area contributed by atoms with Gasteiger partial charge in [0.15, 0.2) is 0 Å². The van der Waals surface area contributed by atoms with E-state index in [1.54, 1.807) is 36.7 Å². The number of anilines is 1. The summed E-state index contributed by atoms with van der Waals surface area (Å²) in [6.45, 7) is 8.65. The zero-order valence-electron chi connectivity index (χ0n) is 17.3. The third-order valence-electron chi connectivity index (χ3n) is 5.07. The summed E-state index contributed by atoms with van der Waals surface area (Å²) < 4.78 is 27.0. The van der Waals surface area contributed by atoms with Gasteiger partial charge in [-0.3, -0.25) is 4.79 Å². The van der Waals surface area contributed by atoms with Gasteiger partial charge in [-0.2, -0.15) is 4.31 Å². The van der Waals surface area contributed by atoms with Gasteiger partial charge in [-0.05, 0) is 31.9 Å². The average molecular weight is 417 g/mol. The van der Waals surface area contributed by atoms with Crippen molar-refractivity contribution in [1.82, 2.24) is 14.3 Å². The van der Waals surface area contributed by atoms with Crippen molar-refractivity contribution in [3.8, 4) is 0 Å². The number of aryl methyl sites for hydroxylation is 1. The lowest BCUT2D eigenvalue weighted by Gasteiger charge is -2.30. The van der Waals surface area contributed by atoms with E-state index >= 15 is 0 Å².